The average molecular weight is 640 g/mol. The lowest BCUT2D eigenvalue weighted by Gasteiger charge is -2.25. The number of aromatic nitrogens is 4. The Morgan fingerprint density at radius 3 is 2.09 bits per heavy atom. The van der Waals surface area contributed by atoms with E-state index in [1.54, 1.807) is 52.0 Å². The molecule has 0 bridgehead atoms. The number of amides is 2. The van der Waals surface area contributed by atoms with Crippen LogP contribution in [0.25, 0.3) is 11.4 Å². The Balaban J connectivity index is 1.36. The van der Waals surface area contributed by atoms with Gasteiger partial charge < -0.3 is 9.64 Å². The van der Waals surface area contributed by atoms with E-state index in [0.29, 0.717) is 17.2 Å². The molecule has 16 heteroatoms. The number of nitrogens with zero attached hydrogens (tertiary/aromatic N) is 9. The number of hydrazone groups is 1. The molecule has 1 aromatic heterocycles. The number of carbonyl (C=O) groups is 3. The summed E-state index contributed by atoms with van der Waals surface area (Å²) in [5.41, 5.74) is -1.98. The minimum atomic E-state index is -4.67. The number of rotatable bonds is 11. The number of hydrogen-bond acceptors (Lipinski definition) is 11. The molecule has 0 saturated heterocycles. The molecular formula is C30H32F3N9O4. The Bertz CT molecular complexity index is 1610. The molecule has 0 saturated carbocycles. The van der Waals surface area contributed by atoms with Crippen LogP contribution in [0.3, 0.4) is 0 Å². The first kappa shape index (κ1) is 33.7. The van der Waals surface area contributed by atoms with Crippen LogP contribution in [0.1, 0.15) is 60.9 Å². The number of hydrogen-bond donors (Lipinski definition) is 0. The number of alkyl halides is 3. The lowest BCUT2D eigenvalue weighted by molar-refractivity contribution is -0.166. The second kappa shape index (κ2) is 13.5. The maximum Gasteiger partial charge on any atom is 0.442 e. The van der Waals surface area contributed by atoms with Crippen molar-refractivity contribution in [3.05, 3.63) is 71.0 Å². The van der Waals surface area contributed by atoms with Gasteiger partial charge >= 0.3 is 17.8 Å². The molecule has 0 fully saturated rings. The molecule has 0 spiro atoms. The van der Waals surface area contributed by atoms with Gasteiger partial charge in [-0.25, -0.2) is 5.01 Å². The van der Waals surface area contributed by atoms with Crippen LogP contribution in [0.15, 0.2) is 63.9 Å². The van der Waals surface area contributed by atoms with Crippen molar-refractivity contribution in [1.82, 2.24) is 30.3 Å². The maximum absolute atomic E-state index is 13.2. The van der Waals surface area contributed by atoms with Crippen LogP contribution < -0.4 is 0 Å². The second-order valence-corrected chi connectivity index (χ2v) is 11.4. The largest absolute Gasteiger partial charge is 0.459 e. The first-order valence-corrected chi connectivity index (χ1v) is 14.1. The van der Waals surface area contributed by atoms with Crippen LogP contribution >= 0.6 is 0 Å². The van der Waals surface area contributed by atoms with E-state index in [-0.39, 0.29) is 43.0 Å². The zero-order valence-electron chi connectivity index (χ0n) is 25.8. The van der Waals surface area contributed by atoms with Gasteiger partial charge in [0.1, 0.15) is 12.1 Å². The Kier molecular flexibility index (Phi) is 9.87. The molecule has 1 aliphatic heterocycles. The topological polar surface area (TPSA) is 156 Å². The third-order valence-electron chi connectivity index (χ3n) is 6.52. The van der Waals surface area contributed by atoms with Crippen molar-refractivity contribution < 1.29 is 32.3 Å². The highest BCUT2D eigenvalue weighted by atomic mass is 19.4. The fraction of sp³-hybridized carbons (Fsp3) is 0.400. The fourth-order valence-corrected chi connectivity index (χ4v) is 4.19. The number of halogens is 3. The van der Waals surface area contributed by atoms with Crippen molar-refractivity contribution in [1.29, 1.82) is 0 Å². The summed E-state index contributed by atoms with van der Waals surface area (Å²) >= 11 is 0. The molecule has 46 heavy (non-hydrogen) atoms. The van der Waals surface area contributed by atoms with Gasteiger partial charge in [0.25, 0.3) is 5.91 Å². The van der Waals surface area contributed by atoms with E-state index in [0.717, 1.165) is 22.7 Å². The molecule has 0 N–H and O–H groups in total. The van der Waals surface area contributed by atoms with Crippen LogP contribution in [0.5, 0.6) is 0 Å². The van der Waals surface area contributed by atoms with E-state index in [9.17, 15) is 27.6 Å². The van der Waals surface area contributed by atoms with Crippen LogP contribution in [-0.4, -0.2) is 79.7 Å². The Labute approximate surface area is 262 Å². The molecule has 4 rings (SSSR count). The maximum atomic E-state index is 13.2. The highest BCUT2D eigenvalue weighted by molar-refractivity contribution is 5.94. The van der Waals surface area contributed by atoms with Gasteiger partial charge in [0.15, 0.2) is 5.82 Å². The van der Waals surface area contributed by atoms with Crippen molar-refractivity contribution in [2.24, 2.45) is 15.3 Å². The van der Waals surface area contributed by atoms with Crippen molar-refractivity contribution in [2.45, 2.75) is 64.5 Å². The van der Waals surface area contributed by atoms with Gasteiger partial charge in [-0.05, 0) is 51.8 Å². The van der Waals surface area contributed by atoms with E-state index < -0.39 is 29.3 Å². The van der Waals surface area contributed by atoms with Crippen LogP contribution in [0.2, 0.25) is 0 Å². The summed E-state index contributed by atoms with van der Waals surface area (Å²) in [7, 11) is 1.38. The average Bonchev–Trinajstić information content (AvgIpc) is 3.81. The molecule has 2 aromatic carbocycles. The Morgan fingerprint density at radius 2 is 1.54 bits per heavy atom. The third kappa shape index (κ3) is 8.51. The predicted molar refractivity (Wildman–Crippen MR) is 158 cm³/mol. The molecule has 2 amide bonds. The fourth-order valence-electron chi connectivity index (χ4n) is 4.19. The Morgan fingerprint density at radius 1 is 0.935 bits per heavy atom. The number of esters is 1. The van der Waals surface area contributed by atoms with Gasteiger partial charge in [0.05, 0.1) is 0 Å². The van der Waals surface area contributed by atoms with Crippen molar-refractivity contribution >= 4 is 24.0 Å². The monoisotopic (exact) mass is 639 g/mol. The van der Waals surface area contributed by atoms with E-state index in [4.69, 9.17) is 4.74 Å². The summed E-state index contributed by atoms with van der Waals surface area (Å²) in [5, 5.41) is 27.2. The molecular weight excluding hydrogens is 607 g/mol. The summed E-state index contributed by atoms with van der Waals surface area (Å²) in [6.07, 6.45) is -3.19. The highest BCUT2D eigenvalue weighted by Crippen LogP contribution is 2.52. The molecule has 3 aromatic rings. The summed E-state index contributed by atoms with van der Waals surface area (Å²) in [6.45, 7) is 6.70. The minimum absolute atomic E-state index is 0.0256. The van der Waals surface area contributed by atoms with Crippen LogP contribution in [0.4, 0.5) is 13.2 Å². The Hall–Kier alpha value is -5.15. The first-order valence-electron chi connectivity index (χ1n) is 14.1. The van der Waals surface area contributed by atoms with Crippen molar-refractivity contribution in [2.75, 3.05) is 13.6 Å². The van der Waals surface area contributed by atoms with Gasteiger partial charge in [-0.1, -0.05) is 36.4 Å². The molecule has 242 valence electrons. The smallest absolute Gasteiger partial charge is 0.442 e. The van der Waals surface area contributed by atoms with Gasteiger partial charge in [-0.3, -0.25) is 14.4 Å². The standard InChI is InChI=1S/C30H32F3N9O4/c1-19-35-37-26(38-36-19)21-10-8-20(9-11-21)17-42(18-25(44)46-28(2,3)4)24(43)7-6-16-34-41(5)27(45)22-12-14-23(15-13-22)29(39-40-29)30(31,32)33/h8-16H,6-7,17-18H2,1-5H3/b34-16+. The summed E-state index contributed by atoms with van der Waals surface area (Å²) in [5.74, 6) is -0.706. The molecule has 0 atom stereocenters. The molecule has 1 aliphatic rings. The summed E-state index contributed by atoms with van der Waals surface area (Å²) in [6, 6.07) is 11.9. The number of aryl methyl sites for hydroxylation is 1. The number of benzene rings is 2. The van der Waals surface area contributed by atoms with Gasteiger partial charge in [0, 0.05) is 42.9 Å². The quantitative estimate of drug-likeness (QED) is 0.167. The number of carbonyl (C=O) groups excluding carboxylic acids is 3. The molecule has 13 nitrogen and oxygen atoms in total. The zero-order valence-corrected chi connectivity index (χ0v) is 25.8. The van der Waals surface area contributed by atoms with Gasteiger partial charge in [0.2, 0.25) is 11.7 Å². The third-order valence-corrected chi connectivity index (χ3v) is 6.52. The minimum Gasteiger partial charge on any atom is -0.459 e. The van der Waals surface area contributed by atoms with Crippen LogP contribution in [-0.2, 0) is 26.5 Å². The van der Waals surface area contributed by atoms with Gasteiger partial charge in [-0.15, -0.1) is 30.6 Å². The van der Waals surface area contributed by atoms with E-state index in [1.807, 2.05) is 0 Å². The predicted octanol–water partition coefficient (Wildman–Crippen LogP) is 4.63. The first-order chi connectivity index (χ1) is 21.6. The molecule has 0 unspecified atom stereocenters. The zero-order chi connectivity index (χ0) is 33.7. The van der Waals surface area contributed by atoms with Crippen molar-refractivity contribution in [3.8, 4) is 11.4 Å². The van der Waals surface area contributed by atoms with E-state index in [1.165, 1.54) is 30.3 Å². The summed E-state index contributed by atoms with van der Waals surface area (Å²) < 4.78 is 45.1. The molecule has 2 heterocycles. The lowest BCUT2D eigenvalue weighted by atomic mass is 10.0. The van der Waals surface area contributed by atoms with E-state index >= 15 is 0 Å². The van der Waals surface area contributed by atoms with E-state index in [2.05, 4.69) is 35.7 Å². The SMILES string of the molecule is Cc1nnc(-c2ccc(CN(CC(=O)OC(C)(C)C)C(=O)CC/C=N/N(C)C(=O)c3ccc(C4(C(F)(F)F)N=N4)cc3)cc2)nn1. The molecule has 0 radical (unpaired) electrons. The van der Waals surface area contributed by atoms with Gasteiger partial charge in [-0.2, -0.15) is 18.3 Å². The second-order valence-electron chi connectivity index (χ2n) is 11.4. The van der Waals surface area contributed by atoms with Crippen LogP contribution in [0, 0.1) is 6.92 Å². The number of ether oxygens (including phenoxy) is 1. The van der Waals surface area contributed by atoms with Crippen molar-refractivity contribution in [3.63, 3.8) is 0 Å². The normalized spacial score (nSPS) is 13.8. The highest BCUT2D eigenvalue weighted by Gasteiger charge is 2.65. The lowest BCUT2D eigenvalue weighted by Crippen LogP contribution is -2.38. The summed E-state index contributed by atoms with van der Waals surface area (Å²) in [4.78, 5) is 39.9. The molecule has 0 aliphatic carbocycles.